The van der Waals surface area contributed by atoms with E-state index in [0.29, 0.717) is 0 Å². The number of ether oxygens (including phenoxy) is 2. The van der Waals surface area contributed by atoms with Gasteiger partial charge in [0.05, 0.1) is 29.4 Å². The highest BCUT2D eigenvalue weighted by Gasteiger charge is 2.35. The topological polar surface area (TPSA) is 57.4 Å². The third-order valence-corrected chi connectivity index (χ3v) is 3.60. The summed E-state index contributed by atoms with van der Waals surface area (Å²) in [5, 5.41) is 3.29. The first kappa shape index (κ1) is 17.9. The molecule has 2 heterocycles. The molecule has 0 atom stereocenters. The molecular formula is C16H11F5N2O3. The Labute approximate surface area is 143 Å². The van der Waals surface area contributed by atoms with E-state index >= 15 is 0 Å². The van der Waals surface area contributed by atoms with Gasteiger partial charge in [-0.15, -0.1) is 0 Å². The summed E-state index contributed by atoms with van der Waals surface area (Å²) in [6, 6.07) is 4.53. The smallest absolute Gasteiger partial charge is 0.417 e. The second-order valence-electron chi connectivity index (χ2n) is 5.25. The zero-order chi connectivity index (χ0) is 19.1. The molecule has 26 heavy (non-hydrogen) atoms. The molecule has 0 saturated carbocycles. The van der Waals surface area contributed by atoms with Crippen molar-refractivity contribution in [1.82, 2.24) is 10.1 Å². The van der Waals surface area contributed by atoms with E-state index in [4.69, 9.17) is 9.26 Å². The van der Waals surface area contributed by atoms with E-state index in [1.165, 1.54) is 26.2 Å². The summed E-state index contributed by atoms with van der Waals surface area (Å²) < 4.78 is 79.1. The van der Waals surface area contributed by atoms with Crippen LogP contribution < -0.4 is 9.47 Å². The summed E-state index contributed by atoms with van der Waals surface area (Å²) in [7, 11) is 1.22. The maximum atomic E-state index is 13.4. The molecule has 0 bridgehead atoms. The van der Waals surface area contributed by atoms with Crippen LogP contribution in [0.1, 0.15) is 11.3 Å². The van der Waals surface area contributed by atoms with E-state index in [9.17, 15) is 22.0 Å². The average molecular weight is 374 g/mol. The molecule has 0 unspecified atom stereocenters. The van der Waals surface area contributed by atoms with Crippen molar-refractivity contribution >= 4 is 11.1 Å². The molecule has 1 aromatic carbocycles. The van der Waals surface area contributed by atoms with E-state index in [1.807, 2.05) is 0 Å². The van der Waals surface area contributed by atoms with Gasteiger partial charge >= 0.3 is 12.8 Å². The Kier molecular flexibility index (Phi) is 4.43. The number of benzene rings is 1. The third kappa shape index (κ3) is 3.26. The van der Waals surface area contributed by atoms with E-state index in [2.05, 4.69) is 14.9 Å². The molecule has 2 aromatic heterocycles. The van der Waals surface area contributed by atoms with Crippen LogP contribution in [0.2, 0.25) is 0 Å². The van der Waals surface area contributed by atoms with Gasteiger partial charge in [0.2, 0.25) is 0 Å². The van der Waals surface area contributed by atoms with Gasteiger partial charge in [-0.1, -0.05) is 5.16 Å². The number of aromatic nitrogens is 2. The molecule has 0 N–H and O–H groups in total. The first-order valence-corrected chi connectivity index (χ1v) is 7.18. The molecule has 0 aliphatic carbocycles. The highest BCUT2D eigenvalue weighted by Crippen LogP contribution is 2.39. The second kappa shape index (κ2) is 6.43. The quantitative estimate of drug-likeness (QED) is 0.613. The van der Waals surface area contributed by atoms with E-state index in [-0.39, 0.29) is 39.6 Å². The molecule has 10 heteroatoms. The van der Waals surface area contributed by atoms with Crippen molar-refractivity contribution in [3.8, 4) is 22.8 Å². The average Bonchev–Trinajstić information content (AvgIpc) is 2.94. The SMILES string of the molecule is COc1cc(-c2cc(C(F)(F)F)c3c(C)noc3n2)ccc1OC(F)F. The number of hydrogen-bond acceptors (Lipinski definition) is 5. The zero-order valence-corrected chi connectivity index (χ0v) is 13.4. The van der Waals surface area contributed by atoms with Crippen molar-refractivity contribution in [2.24, 2.45) is 0 Å². The standard InChI is InChI=1S/C16H11F5N2O3/c1-7-13-9(16(19,20)21)6-10(22-14(13)26-23-7)8-3-4-11(25-15(17)18)12(5-8)24-2/h3-6,15H,1-2H3. The van der Waals surface area contributed by atoms with Gasteiger partial charge in [-0.2, -0.15) is 22.0 Å². The number of halogens is 5. The van der Waals surface area contributed by atoms with Crippen molar-refractivity contribution in [2.75, 3.05) is 7.11 Å². The van der Waals surface area contributed by atoms with Crippen molar-refractivity contribution in [1.29, 1.82) is 0 Å². The molecular weight excluding hydrogens is 363 g/mol. The van der Waals surface area contributed by atoms with Gasteiger partial charge < -0.3 is 14.0 Å². The number of nitrogens with zero attached hydrogens (tertiary/aromatic N) is 2. The van der Waals surface area contributed by atoms with Gasteiger partial charge in [0, 0.05) is 5.56 Å². The maximum absolute atomic E-state index is 13.4. The van der Waals surface area contributed by atoms with Gasteiger partial charge in [0.1, 0.15) is 0 Å². The lowest BCUT2D eigenvalue weighted by molar-refractivity contribution is -0.136. The van der Waals surface area contributed by atoms with Gasteiger partial charge in [0.25, 0.3) is 5.71 Å². The van der Waals surface area contributed by atoms with E-state index in [0.717, 1.165) is 12.1 Å². The van der Waals surface area contributed by atoms with Gasteiger partial charge in [-0.05, 0) is 31.2 Å². The van der Waals surface area contributed by atoms with Crippen LogP contribution in [0, 0.1) is 6.92 Å². The molecule has 0 saturated heterocycles. The van der Waals surface area contributed by atoms with Crippen LogP contribution in [-0.4, -0.2) is 23.9 Å². The predicted molar refractivity (Wildman–Crippen MR) is 80.2 cm³/mol. The summed E-state index contributed by atoms with van der Waals surface area (Å²) in [6.07, 6.45) is -4.66. The number of methoxy groups -OCH3 is 1. The molecule has 138 valence electrons. The first-order valence-electron chi connectivity index (χ1n) is 7.18. The molecule has 3 aromatic rings. The molecule has 0 amide bonds. The fourth-order valence-electron chi connectivity index (χ4n) is 2.49. The summed E-state index contributed by atoms with van der Waals surface area (Å²) in [5.41, 5.74) is -1.06. The summed E-state index contributed by atoms with van der Waals surface area (Å²) in [5.74, 6) is -0.328. The molecule has 0 fully saturated rings. The molecule has 3 rings (SSSR count). The molecule has 0 aliphatic heterocycles. The van der Waals surface area contributed by atoms with Crippen LogP contribution in [0.4, 0.5) is 22.0 Å². The van der Waals surface area contributed by atoms with Crippen molar-refractivity contribution in [3.05, 3.63) is 35.5 Å². The van der Waals surface area contributed by atoms with Crippen LogP contribution in [0.3, 0.4) is 0 Å². The molecule has 0 spiro atoms. The normalized spacial score (nSPS) is 12.0. The number of fused-ring (bicyclic) bond motifs is 1. The third-order valence-electron chi connectivity index (χ3n) is 3.60. The minimum Gasteiger partial charge on any atom is -0.493 e. The van der Waals surface area contributed by atoms with Gasteiger partial charge in [0.15, 0.2) is 11.5 Å². The highest BCUT2D eigenvalue weighted by atomic mass is 19.4. The summed E-state index contributed by atoms with van der Waals surface area (Å²) >= 11 is 0. The second-order valence-corrected chi connectivity index (χ2v) is 5.25. The van der Waals surface area contributed by atoms with Crippen LogP contribution in [0.25, 0.3) is 22.4 Å². The minimum atomic E-state index is -4.66. The monoisotopic (exact) mass is 374 g/mol. The van der Waals surface area contributed by atoms with Crippen molar-refractivity contribution in [2.45, 2.75) is 19.7 Å². The van der Waals surface area contributed by atoms with E-state index < -0.39 is 18.4 Å². The van der Waals surface area contributed by atoms with E-state index in [1.54, 1.807) is 0 Å². The lowest BCUT2D eigenvalue weighted by atomic mass is 10.0. The fraction of sp³-hybridized carbons (Fsp3) is 0.250. The molecule has 5 nitrogen and oxygen atoms in total. The van der Waals surface area contributed by atoms with Crippen LogP contribution >= 0.6 is 0 Å². The number of aryl methyl sites for hydroxylation is 1. The largest absolute Gasteiger partial charge is 0.493 e. The van der Waals surface area contributed by atoms with Crippen LogP contribution in [0.5, 0.6) is 11.5 Å². The van der Waals surface area contributed by atoms with Gasteiger partial charge in [-0.3, -0.25) is 0 Å². The Morgan fingerprint density at radius 3 is 2.46 bits per heavy atom. The fourth-order valence-corrected chi connectivity index (χ4v) is 2.49. The lowest BCUT2D eigenvalue weighted by Gasteiger charge is -2.13. The van der Waals surface area contributed by atoms with Crippen LogP contribution in [-0.2, 0) is 6.18 Å². The van der Waals surface area contributed by atoms with Crippen molar-refractivity contribution < 1.29 is 35.9 Å². The maximum Gasteiger partial charge on any atom is 0.417 e. The number of pyridine rings is 1. The Morgan fingerprint density at radius 2 is 1.85 bits per heavy atom. The number of hydrogen-bond donors (Lipinski definition) is 0. The predicted octanol–water partition coefficient (Wildman–Crippen LogP) is 4.83. The highest BCUT2D eigenvalue weighted by molar-refractivity contribution is 5.84. The zero-order valence-electron chi connectivity index (χ0n) is 13.4. The van der Waals surface area contributed by atoms with Gasteiger partial charge in [-0.25, -0.2) is 4.98 Å². The Balaban J connectivity index is 2.17. The summed E-state index contributed by atoms with van der Waals surface area (Å²) in [6.45, 7) is -1.69. The van der Waals surface area contributed by atoms with Crippen molar-refractivity contribution in [3.63, 3.8) is 0 Å². The Morgan fingerprint density at radius 1 is 1.12 bits per heavy atom. The minimum absolute atomic E-state index is 0.0598. The Bertz CT molecular complexity index is 953. The number of alkyl halides is 5. The molecule has 0 aliphatic rings. The van der Waals surface area contributed by atoms with Crippen LogP contribution in [0.15, 0.2) is 28.8 Å². The molecule has 0 radical (unpaired) electrons. The number of rotatable bonds is 4. The Hall–Kier alpha value is -2.91. The summed E-state index contributed by atoms with van der Waals surface area (Å²) in [4.78, 5) is 4.03. The first-order chi connectivity index (χ1) is 12.2. The lowest BCUT2D eigenvalue weighted by Crippen LogP contribution is -2.07.